The Hall–Kier alpha value is -0.570. The molecule has 3 heteroatoms. The highest BCUT2D eigenvalue weighted by molar-refractivity contribution is 5.68. The summed E-state index contributed by atoms with van der Waals surface area (Å²) in [5.41, 5.74) is 0. The topological polar surface area (TPSA) is 38.8 Å². The smallest absolute Gasteiger partial charge is 0.305 e. The molecule has 1 heterocycles. The van der Waals surface area contributed by atoms with Crippen LogP contribution in [0.15, 0.2) is 0 Å². The van der Waals surface area contributed by atoms with Gasteiger partial charge in [0.2, 0.25) is 0 Å². The number of carbonyl (C=O) groups excluding carboxylic acids is 1. The van der Waals surface area contributed by atoms with Gasteiger partial charge in [0.15, 0.2) is 0 Å². The Morgan fingerprint density at radius 3 is 1.95 bits per heavy atom. The predicted molar refractivity (Wildman–Crippen MR) is 86.4 cm³/mol. The highest BCUT2D eigenvalue weighted by atomic mass is 16.6. The van der Waals surface area contributed by atoms with E-state index in [1.54, 1.807) is 0 Å². The summed E-state index contributed by atoms with van der Waals surface area (Å²) in [4.78, 5) is 10.9. The Bertz CT molecular complexity index is 265. The maximum atomic E-state index is 10.9. The summed E-state index contributed by atoms with van der Waals surface area (Å²) >= 11 is 0. The van der Waals surface area contributed by atoms with Crippen molar-refractivity contribution in [3.63, 3.8) is 0 Å². The molecule has 21 heavy (non-hydrogen) atoms. The van der Waals surface area contributed by atoms with Crippen LogP contribution in [0, 0.1) is 0 Å². The van der Waals surface area contributed by atoms with Crippen LogP contribution in [-0.4, -0.2) is 25.3 Å². The average molecular weight is 298 g/mol. The number of unbranched alkanes of at least 4 members (excludes halogenated alkanes) is 8. The summed E-state index contributed by atoms with van der Waals surface area (Å²) in [6, 6.07) is 0. The molecule has 0 bridgehead atoms. The van der Waals surface area contributed by atoms with Gasteiger partial charge in [0.05, 0.1) is 19.3 Å². The van der Waals surface area contributed by atoms with E-state index in [4.69, 9.17) is 4.74 Å². The molecule has 1 aliphatic heterocycles. The van der Waals surface area contributed by atoms with E-state index < -0.39 is 0 Å². The molecular weight excluding hydrogens is 264 g/mol. The van der Waals surface area contributed by atoms with Crippen molar-refractivity contribution in [1.82, 2.24) is 0 Å². The minimum absolute atomic E-state index is 0.0779. The van der Waals surface area contributed by atoms with Gasteiger partial charge in [-0.3, -0.25) is 4.79 Å². The van der Waals surface area contributed by atoms with Gasteiger partial charge >= 0.3 is 5.97 Å². The lowest BCUT2D eigenvalue weighted by atomic mass is 10.0. The molecule has 2 unspecified atom stereocenters. The molecule has 1 aliphatic rings. The van der Waals surface area contributed by atoms with Crippen LogP contribution in [0.1, 0.15) is 90.4 Å². The van der Waals surface area contributed by atoms with Crippen LogP contribution in [0.3, 0.4) is 0 Å². The van der Waals surface area contributed by atoms with Crippen LogP contribution in [-0.2, 0) is 14.3 Å². The first kappa shape index (κ1) is 18.5. The quantitative estimate of drug-likeness (QED) is 0.257. The number of esters is 1. The fraction of sp³-hybridized carbons (Fsp3) is 0.944. The van der Waals surface area contributed by atoms with E-state index in [2.05, 4.69) is 11.7 Å². The molecule has 0 aliphatic carbocycles. The van der Waals surface area contributed by atoms with Gasteiger partial charge < -0.3 is 9.47 Å². The van der Waals surface area contributed by atoms with E-state index in [1.165, 1.54) is 71.3 Å². The van der Waals surface area contributed by atoms with Crippen LogP contribution in [0.25, 0.3) is 0 Å². The molecule has 0 N–H and O–H groups in total. The monoisotopic (exact) mass is 298 g/mol. The van der Waals surface area contributed by atoms with Gasteiger partial charge in [-0.25, -0.2) is 0 Å². The lowest BCUT2D eigenvalue weighted by Gasteiger charge is -2.01. The summed E-state index contributed by atoms with van der Waals surface area (Å²) in [5, 5.41) is 0. The standard InChI is InChI=1S/C18H34O3/c1-3-4-5-10-13-16-17(21-16)14-11-8-6-7-9-12-15-18(19)20-2/h16-17H,3-15H2,1-2H3. The van der Waals surface area contributed by atoms with Crippen molar-refractivity contribution < 1.29 is 14.3 Å². The van der Waals surface area contributed by atoms with E-state index in [0.717, 1.165) is 12.8 Å². The van der Waals surface area contributed by atoms with Crippen LogP contribution in [0.2, 0.25) is 0 Å². The highest BCUT2D eigenvalue weighted by Gasteiger charge is 2.36. The summed E-state index contributed by atoms with van der Waals surface area (Å²) < 4.78 is 10.4. The maximum absolute atomic E-state index is 10.9. The lowest BCUT2D eigenvalue weighted by Crippen LogP contribution is -1.99. The number of rotatable bonds is 14. The van der Waals surface area contributed by atoms with E-state index in [0.29, 0.717) is 18.6 Å². The number of methoxy groups -OCH3 is 1. The van der Waals surface area contributed by atoms with Crippen molar-refractivity contribution in [3.05, 3.63) is 0 Å². The molecule has 1 rings (SSSR count). The molecule has 1 saturated heterocycles. The number of ether oxygens (including phenoxy) is 2. The molecule has 2 atom stereocenters. The zero-order valence-electron chi connectivity index (χ0n) is 14.1. The van der Waals surface area contributed by atoms with Crippen molar-refractivity contribution in [2.75, 3.05) is 7.11 Å². The Kier molecular flexibility index (Phi) is 10.6. The Morgan fingerprint density at radius 1 is 0.857 bits per heavy atom. The molecule has 124 valence electrons. The van der Waals surface area contributed by atoms with Gasteiger partial charge in [-0.05, 0) is 19.3 Å². The second-order valence-electron chi connectivity index (χ2n) is 6.30. The minimum atomic E-state index is -0.0779. The van der Waals surface area contributed by atoms with Crippen LogP contribution in [0.5, 0.6) is 0 Å². The van der Waals surface area contributed by atoms with E-state index in [1.807, 2.05) is 0 Å². The Balaban J connectivity index is 1.76. The van der Waals surface area contributed by atoms with Crippen LogP contribution >= 0.6 is 0 Å². The van der Waals surface area contributed by atoms with Crippen molar-refractivity contribution in [2.45, 2.75) is 103 Å². The van der Waals surface area contributed by atoms with Crippen molar-refractivity contribution in [2.24, 2.45) is 0 Å². The third-order valence-electron chi connectivity index (χ3n) is 4.38. The summed E-state index contributed by atoms with van der Waals surface area (Å²) in [6.07, 6.45) is 16.9. The second-order valence-corrected chi connectivity index (χ2v) is 6.30. The molecule has 0 radical (unpaired) electrons. The first-order chi connectivity index (χ1) is 10.3. The van der Waals surface area contributed by atoms with E-state index in [9.17, 15) is 4.79 Å². The molecule has 0 aromatic heterocycles. The summed E-state index contributed by atoms with van der Waals surface area (Å²) in [7, 11) is 1.46. The first-order valence-corrected chi connectivity index (χ1v) is 9.00. The molecule has 0 spiro atoms. The number of epoxide rings is 1. The molecular formula is C18H34O3. The third kappa shape index (κ3) is 9.89. The van der Waals surface area contributed by atoms with Gasteiger partial charge in [0.25, 0.3) is 0 Å². The predicted octanol–water partition coefficient (Wildman–Crippen LogP) is 5.02. The normalized spacial score (nSPS) is 20.5. The third-order valence-corrected chi connectivity index (χ3v) is 4.38. The van der Waals surface area contributed by atoms with Crippen molar-refractivity contribution >= 4 is 5.97 Å². The van der Waals surface area contributed by atoms with Gasteiger partial charge in [-0.1, -0.05) is 64.7 Å². The SMILES string of the molecule is CCCCCCC1OC1CCCCCCCCC(=O)OC. The molecule has 1 fully saturated rings. The van der Waals surface area contributed by atoms with Gasteiger partial charge in [-0.2, -0.15) is 0 Å². The van der Waals surface area contributed by atoms with Gasteiger partial charge in [-0.15, -0.1) is 0 Å². The number of carbonyl (C=O) groups is 1. The van der Waals surface area contributed by atoms with Crippen LogP contribution in [0.4, 0.5) is 0 Å². The van der Waals surface area contributed by atoms with Gasteiger partial charge in [0, 0.05) is 6.42 Å². The van der Waals surface area contributed by atoms with Crippen molar-refractivity contribution in [1.29, 1.82) is 0 Å². The largest absolute Gasteiger partial charge is 0.469 e. The van der Waals surface area contributed by atoms with E-state index in [-0.39, 0.29) is 5.97 Å². The molecule has 0 saturated carbocycles. The molecule has 0 amide bonds. The zero-order chi connectivity index (χ0) is 15.3. The zero-order valence-corrected chi connectivity index (χ0v) is 14.1. The number of hydrogen-bond donors (Lipinski definition) is 0. The maximum Gasteiger partial charge on any atom is 0.305 e. The van der Waals surface area contributed by atoms with E-state index >= 15 is 0 Å². The van der Waals surface area contributed by atoms with Gasteiger partial charge in [0.1, 0.15) is 0 Å². The first-order valence-electron chi connectivity index (χ1n) is 9.00. The second kappa shape index (κ2) is 12.0. The Labute approximate surface area is 130 Å². The highest BCUT2D eigenvalue weighted by Crippen LogP contribution is 2.31. The number of hydrogen-bond acceptors (Lipinski definition) is 3. The van der Waals surface area contributed by atoms with Crippen LogP contribution < -0.4 is 0 Å². The molecule has 3 nitrogen and oxygen atoms in total. The Morgan fingerprint density at radius 2 is 1.38 bits per heavy atom. The summed E-state index contributed by atoms with van der Waals surface area (Å²) in [5.74, 6) is -0.0779. The fourth-order valence-electron chi connectivity index (χ4n) is 2.88. The molecule has 0 aromatic carbocycles. The molecule has 0 aromatic rings. The minimum Gasteiger partial charge on any atom is -0.469 e. The lowest BCUT2D eigenvalue weighted by molar-refractivity contribution is -0.140. The fourth-order valence-corrected chi connectivity index (χ4v) is 2.88. The average Bonchev–Trinajstić information content (AvgIpc) is 3.24. The van der Waals surface area contributed by atoms with Crippen molar-refractivity contribution in [3.8, 4) is 0 Å². The summed E-state index contributed by atoms with van der Waals surface area (Å²) in [6.45, 7) is 2.26.